The van der Waals surface area contributed by atoms with E-state index in [4.69, 9.17) is 10.5 Å². The minimum atomic E-state index is 0.0837. The van der Waals surface area contributed by atoms with Gasteiger partial charge in [0.05, 0.1) is 12.7 Å². The van der Waals surface area contributed by atoms with Crippen molar-refractivity contribution in [2.45, 2.75) is 32.4 Å². The first-order chi connectivity index (χ1) is 8.70. The van der Waals surface area contributed by atoms with E-state index in [9.17, 15) is 0 Å². The number of nitrogens with zero attached hydrogens (tertiary/aromatic N) is 1. The number of likely N-dealkylation sites (N-methyl/N-ethyl adjacent to an activating group) is 1. The van der Waals surface area contributed by atoms with Crippen LogP contribution in [0.3, 0.4) is 0 Å². The maximum absolute atomic E-state index is 6.31. The molecule has 0 aliphatic carbocycles. The monoisotopic (exact) mass is 248 g/mol. The van der Waals surface area contributed by atoms with Crippen molar-refractivity contribution in [2.75, 3.05) is 26.2 Å². The number of rotatable bonds is 4. The molecule has 2 N–H and O–H groups in total. The van der Waals surface area contributed by atoms with Crippen LogP contribution in [-0.2, 0) is 11.2 Å². The SMILES string of the molecule is CCN1CCOC(C(N)Cc2ccccc2C)C1. The Morgan fingerprint density at radius 2 is 2.22 bits per heavy atom. The Morgan fingerprint density at radius 3 is 2.94 bits per heavy atom. The molecule has 1 aromatic rings. The number of morpholine rings is 1. The lowest BCUT2D eigenvalue weighted by Gasteiger charge is -2.35. The van der Waals surface area contributed by atoms with Crippen molar-refractivity contribution in [2.24, 2.45) is 5.73 Å². The van der Waals surface area contributed by atoms with Gasteiger partial charge in [0.1, 0.15) is 0 Å². The smallest absolute Gasteiger partial charge is 0.0856 e. The third kappa shape index (κ3) is 3.31. The fourth-order valence-electron chi connectivity index (χ4n) is 2.50. The zero-order valence-corrected chi connectivity index (χ0v) is 11.4. The van der Waals surface area contributed by atoms with Crippen LogP contribution in [0.5, 0.6) is 0 Å². The molecule has 0 saturated carbocycles. The third-order valence-corrected chi connectivity index (χ3v) is 3.82. The van der Waals surface area contributed by atoms with Crippen molar-refractivity contribution < 1.29 is 4.74 Å². The first-order valence-electron chi connectivity index (χ1n) is 6.84. The van der Waals surface area contributed by atoms with Gasteiger partial charge in [-0.1, -0.05) is 31.2 Å². The highest BCUT2D eigenvalue weighted by atomic mass is 16.5. The molecule has 3 heteroatoms. The molecule has 3 nitrogen and oxygen atoms in total. The minimum Gasteiger partial charge on any atom is -0.374 e. The van der Waals surface area contributed by atoms with Gasteiger partial charge in [0.25, 0.3) is 0 Å². The first kappa shape index (κ1) is 13.5. The first-order valence-corrected chi connectivity index (χ1v) is 6.84. The van der Waals surface area contributed by atoms with Crippen molar-refractivity contribution in [1.82, 2.24) is 4.90 Å². The van der Waals surface area contributed by atoms with Gasteiger partial charge in [0.15, 0.2) is 0 Å². The molecule has 1 fully saturated rings. The van der Waals surface area contributed by atoms with E-state index >= 15 is 0 Å². The number of nitrogens with two attached hydrogens (primary N) is 1. The van der Waals surface area contributed by atoms with Gasteiger partial charge < -0.3 is 10.5 Å². The van der Waals surface area contributed by atoms with Crippen LogP contribution in [0.25, 0.3) is 0 Å². The van der Waals surface area contributed by atoms with Crippen LogP contribution >= 0.6 is 0 Å². The van der Waals surface area contributed by atoms with E-state index < -0.39 is 0 Å². The number of hydrogen-bond donors (Lipinski definition) is 1. The molecule has 1 aliphatic heterocycles. The molecule has 2 atom stereocenters. The average Bonchev–Trinajstić information content (AvgIpc) is 2.41. The van der Waals surface area contributed by atoms with Crippen LogP contribution in [0.4, 0.5) is 0 Å². The highest BCUT2D eigenvalue weighted by Crippen LogP contribution is 2.14. The fraction of sp³-hybridized carbons (Fsp3) is 0.600. The summed E-state index contributed by atoms with van der Waals surface area (Å²) < 4.78 is 5.82. The molecule has 0 bridgehead atoms. The molecule has 0 radical (unpaired) electrons. The molecular weight excluding hydrogens is 224 g/mol. The Kier molecular flexibility index (Phi) is 4.75. The Hall–Kier alpha value is -0.900. The van der Waals surface area contributed by atoms with Gasteiger partial charge in [0, 0.05) is 19.1 Å². The lowest BCUT2D eigenvalue weighted by Crippen LogP contribution is -2.51. The van der Waals surface area contributed by atoms with Crippen LogP contribution in [-0.4, -0.2) is 43.3 Å². The maximum Gasteiger partial charge on any atom is 0.0856 e. The lowest BCUT2D eigenvalue weighted by molar-refractivity contribution is -0.0385. The van der Waals surface area contributed by atoms with Gasteiger partial charge in [0.2, 0.25) is 0 Å². The van der Waals surface area contributed by atoms with Crippen molar-refractivity contribution >= 4 is 0 Å². The number of benzene rings is 1. The second kappa shape index (κ2) is 6.32. The maximum atomic E-state index is 6.31. The quantitative estimate of drug-likeness (QED) is 0.879. The van der Waals surface area contributed by atoms with Gasteiger partial charge in [-0.15, -0.1) is 0 Å². The Bertz CT molecular complexity index is 381. The second-order valence-corrected chi connectivity index (χ2v) is 5.10. The Morgan fingerprint density at radius 1 is 1.44 bits per heavy atom. The standard InChI is InChI=1S/C15H24N2O/c1-3-17-8-9-18-15(11-17)14(16)10-13-7-5-4-6-12(13)2/h4-7,14-15H,3,8-11,16H2,1-2H3. The average molecular weight is 248 g/mol. The summed E-state index contributed by atoms with van der Waals surface area (Å²) in [4.78, 5) is 2.41. The summed E-state index contributed by atoms with van der Waals surface area (Å²) in [6.07, 6.45) is 1.06. The lowest BCUT2D eigenvalue weighted by atomic mass is 9.97. The van der Waals surface area contributed by atoms with Crippen molar-refractivity contribution in [3.8, 4) is 0 Å². The summed E-state index contributed by atoms with van der Waals surface area (Å²) in [7, 11) is 0. The van der Waals surface area contributed by atoms with Crippen LogP contribution in [0.15, 0.2) is 24.3 Å². The molecule has 18 heavy (non-hydrogen) atoms. The summed E-state index contributed by atoms with van der Waals surface area (Å²) in [6.45, 7) is 8.21. The summed E-state index contributed by atoms with van der Waals surface area (Å²) in [5.74, 6) is 0. The van der Waals surface area contributed by atoms with Gasteiger partial charge >= 0.3 is 0 Å². The van der Waals surface area contributed by atoms with E-state index in [1.165, 1.54) is 11.1 Å². The van der Waals surface area contributed by atoms with Gasteiger partial charge in [-0.05, 0) is 31.0 Å². The zero-order valence-electron chi connectivity index (χ0n) is 11.4. The minimum absolute atomic E-state index is 0.0837. The van der Waals surface area contributed by atoms with E-state index in [-0.39, 0.29) is 12.1 Å². The van der Waals surface area contributed by atoms with E-state index in [0.29, 0.717) is 0 Å². The van der Waals surface area contributed by atoms with Gasteiger partial charge in [-0.3, -0.25) is 4.90 Å². The third-order valence-electron chi connectivity index (χ3n) is 3.82. The molecule has 2 unspecified atom stereocenters. The van der Waals surface area contributed by atoms with Crippen LogP contribution in [0, 0.1) is 6.92 Å². The largest absolute Gasteiger partial charge is 0.374 e. The topological polar surface area (TPSA) is 38.5 Å². The normalized spacial score (nSPS) is 22.9. The predicted molar refractivity (Wildman–Crippen MR) is 74.7 cm³/mol. The summed E-state index contributed by atoms with van der Waals surface area (Å²) >= 11 is 0. The molecule has 0 aromatic heterocycles. The summed E-state index contributed by atoms with van der Waals surface area (Å²) in [5, 5.41) is 0. The van der Waals surface area contributed by atoms with Crippen molar-refractivity contribution in [1.29, 1.82) is 0 Å². The predicted octanol–water partition coefficient (Wildman–Crippen LogP) is 1.59. The van der Waals surface area contributed by atoms with Crippen molar-refractivity contribution in [3.05, 3.63) is 35.4 Å². The van der Waals surface area contributed by atoms with Gasteiger partial charge in [-0.2, -0.15) is 0 Å². The molecule has 0 amide bonds. The molecule has 1 aromatic carbocycles. The molecule has 100 valence electrons. The number of ether oxygens (including phenoxy) is 1. The number of hydrogen-bond acceptors (Lipinski definition) is 3. The van der Waals surface area contributed by atoms with E-state index in [2.05, 4.69) is 43.0 Å². The summed E-state index contributed by atoms with van der Waals surface area (Å²) in [6, 6.07) is 8.54. The molecule has 1 heterocycles. The molecular formula is C15H24N2O. The fourth-order valence-corrected chi connectivity index (χ4v) is 2.50. The van der Waals surface area contributed by atoms with Crippen LogP contribution in [0.2, 0.25) is 0 Å². The number of aryl methyl sites for hydroxylation is 1. The van der Waals surface area contributed by atoms with E-state index in [1.807, 2.05) is 0 Å². The molecule has 2 rings (SSSR count). The zero-order chi connectivity index (χ0) is 13.0. The van der Waals surface area contributed by atoms with Crippen LogP contribution < -0.4 is 5.73 Å². The summed E-state index contributed by atoms with van der Waals surface area (Å²) in [5.41, 5.74) is 8.97. The van der Waals surface area contributed by atoms with Crippen molar-refractivity contribution in [3.63, 3.8) is 0 Å². The van der Waals surface area contributed by atoms with E-state index in [0.717, 1.165) is 32.7 Å². The molecule has 1 saturated heterocycles. The molecule has 0 spiro atoms. The van der Waals surface area contributed by atoms with Crippen LogP contribution in [0.1, 0.15) is 18.1 Å². The second-order valence-electron chi connectivity index (χ2n) is 5.10. The highest BCUT2D eigenvalue weighted by Gasteiger charge is 2.25. The Labute approximate surface area is 110 Å². The van der Waals surface area contributed by atoms with Gasteiger partial charge in [-0.25, -0.2) is 0 Å². The van der Waals surface area contributed by atoms with E-state index in [1.54, 1.807) is 0 Å². The Balaban J connectivity index is 1.95. The molecule has 1 aliphatic rings. The highest BCUT2D eigenvalue weighted by molar-refractivity contribution is 5.26.